The number of benzene rings is 1. The van der Waals surface area contributed by atoms with E-state index in [1.54, 1.807) is 0 Å². The summed E-state index contributed by atoms with van der Waals surface area (Å²) >= 11 is 0. The second-order valence-corrected chi connectivity index (χ2v) is 7.39. The van der Waals surface area contributed by atoms with Crippen LogP contribution >= 0.6 is 0 Å². The molecule has 2 amide bonds. The fraction of sp³-hybridized carbons (Fsp3) is 0.467. The van der Waals surface area contributed by atoms with E-state index in [2.05, 4.69) is 10.6 Å². The average Bonchev–Trinajstić information content (AvgIpc) is 2.61. The summed E-state index contributed by atoms with van der Waals surface area (Å²) < 4.78 is 45.6. The highest BCUT2D eigenvalue weighted by Crippen LogP contribution is 2.23. The van der Waals surface area contributed by atoms with Crippen molar-refractivity contribution >= 4 is 21.8 Å². The fourth-order valence-electron chi connectivity index (χ4n) is 2.39. The second kappa shape index (κ2) is 7.89. The van der Waals surface area contributed by atoms with Crippen LogP contribution in [0.5, 0.6) is 0 Å². The topological polar surface area (TPSA) is 105 Å². The largest absolute Gasteiger partial charge is 0.360 e. The van der Waals surface area contributed by atoms with Gasteiger partial charge in [-0.1, -0.05) is 0 Å². The molecule has 25 heavy (non-hydrogen) atoms. The summed E-state index contributed by atoms with van der Waals surface area (Å²) in [6.45, 7) is 1.82. The molecule has 8 nitrogen and oxygen atoms in total. The van der Waals surface area contributed by atoms with Crippen LogP contribution in [0.1, 0.15) is 12.0 Å². The summed E-state index contributed by atoms with van der Waals surface area (Å²) in [6.07, 6.45) is -0.461. The molecule has 0 spiro atoms. The van der Waals surface area contributed by atoms with Crippen molar-refractivity contribution in [3.8, 4) is 0 Å². The van der Waals surface area contributed by atoms with Gasteiger partial charge < -0.3 is 15.4 Å². The number of likely N-dealkylation sites (N-methyl/N-ethyl adjacent to an activating group) is 1. The van der Waals surface area contributed by atoms with Gasteiger partial charge in [0.2, 0.25) is 10.0 Å². The van der Waals surface area contributed by atoms with Gasteiger partial charge in [0.1, 0.15) is 12.0 Å². The number of halogens is 1. The summed E-state index contributed by atoms with van der Waals surface area (Å²) in [7, 11) is -2.62. The Morgan fingerprint density at radius 1 is 1.36 bits per heavy atom. The molecule has 0 aliphatic carbocycles. The molecule has 1 aliphatic rings. The molecular formula is C15H20FN3O5S. The maximum Gasteiger partial charge on any atom is 0.309 e. The number of hydrogen-bond acceptors (Lipinski definition) is 5. The van der Waals surface area contributed by atoms with Crippen LogP contribution in [0.25, 0.3) is 0 Å². The number of hydrogen-bond donors (Lipinski definition) is 2. The first-order valence-electron chi connectivity index (χ1n) is 7.67. The molecule has 0 saturated carbocycles. The van der Waals surface area contributed by atoms with E-state index in [-0.39, 0.29) is 23.5 Å². The molecule has 0 unspecified atom stereocenters. The normalized spacial score (nSPS) is 18.6. The van der Waals surface area contributed by atoms with Gasteiger partial charge in [-0.15, -0.1) is 0 Å². The zero-order chi connectivity index (χ0) is 18.6. The van der Waals surface area contributed by atoms with Gasteiger partial charge in [0.05, 0.1) is 18.0 Å². The maximum absolute atomic E-state index is 13.4. The third kappa shape index (κ3) is 4.33. The van der Waals surface area contributed by atoms with Crippen molar-refractivity contribution in [1.29, 1.82) is 0 Å². The minimum Gasteiger partial charge on any atom is -0.360 e. The van der Waals surface area contributed by atoms with Crippen molar-refractivity contribution in [2.24, 2.45) is 0 Å². The Labute approximate surface area is 145 Å². The molecule has 10 heteroatoms. The highest BCUT2D eigenvalue weighted by atomic mass is 32.2. The Hall–Kier alpha value is -2.04. The molecule has 138 valence electrons. The van der Waals surface area contributed by atoms with E-state index in [1.165, 1.54) is 26.1 Å². The van der Waals surface area contributed by atoms with E-state index in [0.29, 0.717) is 13.0 Å². The van der Waals surface area contributed by atoms with Gasteiger partial charge in [0.25, 0.3) is 0 Å². The van der Waals surface area contributed by atoms with Gasteiger partial charge in [-0.25, -0.2) is 12.8 Å². The van der Waals surface area contributed by atoms with Crippen molar-refractivity contribution in [2.75, 3.05) is 26.7 Å². The predicted octanol–water partition coefficient (Wildman–Crippen LogP) is -0.267. The molecule has 0 aromatic heterocycles. The van der Waals surface area contributed by atoms with Gasteiger partial charge in [0, 0.05) is 13.6 Å². The summed E-state index contributed by atoms with van der Waals surface area (Å²) in [6, 6.07) is 3.53. The number of sulfonamides is 1. The molecular weight excluding hydrogens is 353 g/mol. The van der Waals surface area contributed by atoms with Gasteiger partial charge in [-0.2, -0.15) is 4.31 Å². The quantitative estimate of drug-likeness (QED) is 0.707. The van der Waals surface area contributed by atoms with Gasteiger partial charge in [-0.05, 0) is 37.1 Å². The molecule has 1 aromatic carbocycles. The molecule has 1 aliphatic heterocycles. The summed E-state index contributed by atoms with van der Waals surface area (Å²) in [5, 5.41) is 4.51. The van der Waals surface area contributed by atoms with E-state index in [1.807, 2.05) is 0 Å². The van der Waals surface area contributed by atoms with Crippen LogP contribution in [-0.2, 0) is 24.3 Å². The third-order valence-corrected chi connectivity index (χ3v) is 5.65. The van der Waals surface area contributed by atoms with E-state index in [9.17, 15) is 22.4 Å². The van der Waals surface area contributed by atoms with E-state index < -0.39 is 33.9 Å². The monoisotopic (exact) mass is 373 g/mol. The zero-order valence-electron chi connectivity index (χ0n) is 13.9. The summed E-state index contributed by atoms with van der Waals surface area (Å²) in [5.41, 5.74) is 0.212. The number of ether oxygens (including phenoxy) is 1. The third-order valence-electron chi connectivity index (χ3n) is 3.76. The second-order valence-electron chi connectivity index (χ2n) is 5.49. The van der Waals surface area contributed by atoms with Crippen LogP contribution in [0.4, 0.5) is 4.39 Å². The van der Waals surface area contributed by atoms with Gasteiger partial charge in [0.15, 0.2) is 0 Å². The minimum absolute atomic E-state index is 0.0560. The van der Waals surface area contributed by atoms with Crippen LogP contribution in [0.3, 0.4) is 0 Å². The molecule has 0 bridgehead atoms. The van der Waals surface area contributed by atoms with Crippen molar-refractivity contribution < 1.29 is 27.1 Å². The van der Waals surface area contributed by atoms with E-state index in [0.717, 1.165) is 10.4 Å². The molecule has 2 rings (SSSR count). The molecule has 1 saturated heterocycles. The lowest BCUT2D eigenvalue weighted by molar-refractivity contribution is -0.139. The maximum atomic E-state index is 13.4. The van der Waals surface area contributed by atoms with Crippen LogP contribution in [-0.4, -0.2) is 57.5 Å². The Kier molecular flexibility index (Phi) is 6.09. The lowest BCUT2D eigenvalue weighted by Gasteiger charge is -2.34. The zero-order valence-corrected chi connectivity index (χ0v) is 14.7. The van der Waals surface area contributed by atoms with Crippen LogP contribution < -0.4 is 10.6 Å². The van der Waals surface area contributed by atoms with Crippen LogP contribution in [0.15, 0.2) is 23.1 Å². The van der Waals surface area contributed by atoms with Crippen molar-refractivity contribution in [3.05, 3.63) is 29.6 Å². The number of carbonyl (C=O) groups is 2. The Balaban J connectivity index is 2.19. The van der Waals surface area contributed by atoms with Crippen molar-refractivity contribution in [2.45, 2.75) is 24.5 Å². The Morgan fingerprint density at radius 3 is 2.72 bits per heavy atom. The number of nitrogens with zero attached hydrogens (tertiary/aromatic N) is 1. The van der Waals surface area contributed by atoms with Crippen LogP contribution in [0, 0.1) is 12.7 Å². The van der Waals surface area contributed by atoms with Gasteiger partial charge in [-0.3, -0.25) is 9.59 Å². The summed E-state index contributed by atoms with van der Waals surface area (Å²) in [5.74, 6) is -2.21. The number of rotatable bonds is 4. The van der Waals surface area contributed by atoms with Crippen molar-refractivity contribution in [1.82, 2.24) is 14.9 Å². The molecule has 1 fully saturated rings. The Bertz CT molecular complexity index is 768. The van der Waals surface area contributed by atoms with E-state index in [4.69, 9.17) is 4.74 Å². The predicted molar refractivity (Wildman–Crippen MR) is 86.5 cm³/mol. The number of carbonyl (C=O) groups excluding carboxylic acids is 2. The lowest BCUT2D eigenvalue weighted by Crippen LogP contribution is -2.52. The number of amides is 2. The Morgan fingerprint density at radius 2 is 2.08 bits per heavy atom. The smallest absolute Gasteiger partial charge is 0.309 e. The van der Waals surface area contributed by atoms with Crippen molar-refractivity contribution in [3.63, 3.8) is 0 Å². The minimum atomic E-state index is -3.93. The molecule has 1 aromatic rings. The first kappa shape index (κ1) is 19.3. The molecule has 2 N–H and O–H groups in total. The fourth-order valence-corrected chi connectivity index (χ4v) is 4.04. The van der Waals surface area contributed by atoms with Crippen LogP contribution in [0.2, 0.25) is 0 Å². The molecule has 1 heterocycles. The average molecular weight is 373 g/mol. The highest BCUT2D eigenvalue weighted by Gasteiger charge is 2.35. The van der Waals surface area contributed by atoms with Gasteiger partial charge >= 0.3 is 11.8 Å². The lowest BCUT2D eigenvalue weighted by atomic mass is 10.2. The SMILES string of the molecule is CNC(=O)C(=O)NC[C@H]1OCCCN1S(=O)(=O)c1ccc(F)c(C)c1. The molecule has 1 atom stereocenters. The first-order valence-corrected chi connectivity index (χ1v) is 9.11. The molecule has 0 radical (unpaired) electrons. The summed E-state index contributed by atoms with van der Waals surface area (Å²) in [4.78, 5) is 22.7. The standard InChI is InChI=1S/C15H20FN3O5S/c1-10-8-11(4-5-12(10)16)25(22,23)19-6-3-7-24-13(19)9-18-15(21)14(20)17-2/h4-5,8,13H,3,6-7,9H2,1-2H3,(H,17,20)(H,18,21)/t13-/m1/s1. The highest BCUT2D eigenvalue weighted by molar-refractivity contribution is 7.89. The first-order chi connectivity index (χ1) is 11.8. The van der Waals surface area contributed by atoms with E-state index >= 15 is 0 Å². The number of aryl methyl sites for hydroxylation is 1. The number of nitrogens with one attached hydrogen (secondary N) is 2.